The van der Waals surface area contributed by atoms with Crippen LogP contribution in [0.25, 0.3) is 10.4 Å². The smallest absolute Gasteiger partial charge is 0.260 e. The molecule has 0 atom stereocenters. The highest BCUT2D eigenvalue weighted by Gasteiger charge is 2.23. The summed E-state index contributed by atoms with van der Waals surface area (Å²) in [5, 5.41) is 3.52. The molecule has 3 nitrogen and oxygen atoms in total. The van der Waals surface area contributed by atoms with E-state index < -0.39 is 0 Å². The van der Waals surface area contributed by atoms with Crippen LogP contribution in [0.4, 0.5) is 5.69 Å². The van der Waals surface area contributed by atoms with Crippen LogP contribution in [0.15, 0.2) is 60.7 Å². The van der Waals surface area contributed by atoms with Gasteiger partial charge in [0.05, 0.1) is 11.3 Å². The van der Waals surface area contributed by atoms with E-state index in [1.165, 1.54) is 11.3 Å². The minimum absolute atomic E-state index is 0.131. The van der Waals surface area contributed by atoms with Gasteiger partial charge in [0.2, 0.25) is 0 Å². The summed E-state index contributed by atoms with van der Waals surface area (Å²) in [6.45, 7) is 0. The first-order chi connectivity index (χ1) is 10.3. The molecule has 21 heavy (non-hydrogen) atoms. The van der Waals surface area contributed by atoms with Gasteiger partial charge in [-0.2, -0.15) is 0 Å². The lowest BCUT2D eigenvalue weighted by molar-refractivity contribution is 0.102. The summed E-state index contributed by atoms with van der Waals surface area (Å²) in [5.41, 5.74) is 2.36. The zero-order chi connectivity index (χ0) is 14.2. The zero-order valence-corrected chi connectivity index (χ0v) is 11.8. The number of para-hydroxylation sites is 2. The van der Waals surface area contributed by atoms with Crippen LogP contribution in [-0.2, 0) is 0 Å². The predicted molar refractivity (Wildman–Crippen MR) is 84.2 cm³/mol. The lowest BCUT2D eigenvalue weighted by atomic mass is 10.1. The van der Waals surface area contributed by atoms with Crippen molar-refractivity contribution in [3.8, 4) is 21.3 Å². The van der Waals surface area contributed by atoms with Crippen molar-refractivity contribution in [2.75, 3.05) is 5.32 Å². The molecule has 2 aromatic carbocycles. The molecule has 1 aliphatic heterocycles. The Balaban J connectivity index is 1.82. The summed E-state index contributed by atoms with van der Waals surface area (Å²) < 4.78 is 5.91. The molecule has 3 aromatic rings. The van der Waals surface area contributed by atoms with Crippen molar-refractivity contribution in [2.45, 2.75) is 0 Å². The number of hydrogen-bond donors (Lipinski definition) is 1. The molecule has 102 valence electrons. The van der Waals surface area contributed by atoms with Gasteiger partial charge in [0, 0.05) is 4.88 Å². The summed E-state index contributed by atoms with van der Waals surface area (Å²) in [5.74, 6) is 0.541. The highest BCUT2D eigenvalue weighted by Crippen LogP contribution is 2.43. The van der Waals surface area contributed by atoms with Crippen LogP contribution < -0.4 is 10.1 Å². The van der Waals surface area contributed by atoms with Crippen molar-refractivity contribution >= 4 is 22.9 Å². The number of nitrogens with one attached hydrogen (secondary N) is 1. The number of rotatable bonds is 1. The summed E-state index contributed by atoms with van der Waals surface area (Å²) in [6, 6.07) is 19.3. The van der Waals surface area contributed by atoms with Gasteiger partial charge in [-0.05, 0) is 23.8 Å². The number of benzene rings is 2. The Morgan fingerprint density at radius 2 is 1.71 bits per heavy atom. The monoisotopic (exact) mass is 293 g/mol. The van der Waals surface area contributed by atoms with E-state index in [9.17, 15) is 4.79 Å². The highest BCUT2D eigenvalue weighted by atomic mass is 32.1. The zero-order valence-electron chi connectivity index (χ0n) is 11.0. The third-order valence-electron chi connectivity index (χ3n) is 3.34. The molecule has 0 unspecified atom stereocenters. The second-order valence-corrected chi connectivity index (χ2v) is 5.74. The Kier molecular flexibility index (Phi) is 2.75. The highest BCUT2D eigenvalue weighted by molar-refractivity contribution is 7.17. The average molecular weight is 293 g/mol. The summed E-state index contributed by atoms with van der Waals surface area (Å²) in [7, 11) is 0. The fourth-order valence-electron chi connectivity index (χ4n) is 2.30. The predicted octanol–water partition coefficient (Wildman–Crippen LogP) is 4.77. The maximum atomic E-state index is 12.3. The number of carbonyl (C=O) groups is 1. The van der Waals surface area contributed by atoms with Gasteiger partial charge in [-0.3, -0.25) is 4.79 Å². The van der Waals surface area contributed by atoms with Crippen LogP contribution in [0.2, 0.25) is 0 Å². The van der Waals surface area contributed by atoms with Crippen LogP contribution >= 0.6 is 11.3 Å². The van der Waals surface area contributed by atoms with Crippen LogP contribution in [0, 0.1) is 0 Å². The van der Waals surface area contributed by atoms with E-state index in [1.807, 2.05) is 60.7 Å². The number of hydrogen-bond acceptors (Lipinski definition) is 3. The molecule has 0 saturated heterocycles. The van der Waals surface area contributed by atoms with Crippen LogP contribution in [0.5, 0.6) is 10.8 Å². The maximum absolute atomic E-state index is 12.3. The van der Waals surface area contributed by atoms with E-state index in [2.05, 4.69) is 5.32 Å². The molecule has 2 heterocycles. The second-order valence-electron chi connectivity index (χ2n) is 4.73. The maximum Gasteiger partial charge on any atom is 0.260 e. The van der Waals surface area contributed by atoms with Crippen molar-refractivity contribution in [3.05, 3.63) is 66.2 Å². The molecule has 0 aliphatic carbocycles. The molecule has 0 bridgehead atoms. The average Bonchev–Trinajstić information content (AvgIpc) is 2.89. The quantitative estimate of drug-likeness (QED) is 0.701. The first-order valence-electron chi connectivity index (χ1n) is 6.59. The van der Waals surface area contributed by atoms with E-state index >= 15 is 0 Å². The van der Waals surface area contributed by atoms with E-state index in [0.29, 0.717) is 22.1 Å². The number of anilines is 1. The van der Waals surface area contributed by atoms with Gasteiger partial charge < -0.3 is 10.1 Å². The molecule has 1 amide bonds. The molecule has 4 rings (SSSR count). The Morgan fingerprint density at radius 3 is 2.57 bits per heavy atom. The normalized spacial score (nSPS) is 12.7. The second kappa shape index (κ2) is 4.75. The molecule has 0 saturated carbocycles. The van der Waals surface area contributed by atoms with Gasteiger partial charge in [0.25, 0.3) is 5.91 Å². The first kappa shape index (κ1) is 12.2. The van der Waals surface area contributed by atoms with Crippen LogP contribution in [0.3, 0.4) is 0 Å². The molecule has 1 N–H and O–H groups in total. The fourth-order valence-corrected chi connectivity index (χ4v) is 3.32. The Hall–Kier alpha value is -2.59. The number of ether oxygens (including phenoxy) is 1. The number of amides is 1. The minimum Gasteiger partial charge on any atom is -0.444 e. The van der Waals surface area contributed by atoms with E-state index in [-0.39, 0.29) is 5.91 Å². The molecular formula is C17H11NO2S. The van der Waals surface area contributed by atoms with Gasteiger partial charge in [-0.25, -0.2) is 0 Å². The van der Waals surface area contributed by atoms with Crippen molar-refractivity contribution < 1.29 is 9.53 Å². The molecular weight excluding hydrogens is 282 g/mol. The van der Waals surface area contributed by atoms with Crippen molar-refractivity contribution in [1.29, 1.82) is 0 Å². The largest absolute Gasteiger partial charge is 0.444 e. The summed E-state index contributed by atoms with van der Waals surface area (Å²) in [4.78, 5) is 13.4. The number of fused-ring (bicyclic) bond motifs is 2. The Morgan fingerprint density at radius 1 is 0.952 bits per heavy atom. The molecule has 0 fully saturated rings. The van der Waals surface area contributed by atoms with Crippen molar-refractivity contribution in [2.24, 2.45) is 0 Å². The van der Waals surface area contributed by atoms with Crippen LogP contribution in [0.1, 0.15) is 10.4 Å². The Labute approximate surface area is 125 Å². The van der Waals surface area contributed by atoms with E-state index in [4.69, 9.17) is 4.74 Å². The van der Waals surface area contributed by atoms with Gasteiger partial charge >= 0.3 is 0 Å². The lowest BCUT2D eigenvalue weighted by Gasteiger charge is -2.05. The number of thiophene rings is 1. The molecule has 1 aliphatic rings. The molecule has 0 radical (unpaired) electrons. The molecule has 4 heteroatoms. The summed E-state index contributed by atoms with van der Waals surface area (Å²) >= 11 is 1.49. The SMILES string of the molecule is O=C1Nc2ccccc2Oc2sc(-c3ccccc3)cc21. The van der Waals surface area contributed by atoms with Crippen molar-refractivity contribution in [1.82, 2.24) is 0 Å². The topological polar surface area (TPSA) is 38.3 Å². The summed E-state index contributed by atoms with van der Waals surface area (Å²) in [6.07, 6.45) is 0. The molecule has 0 spiro atoms. The molecule has 1 aromatic heterocycles. The lowest BCUT2D eigenvalue weighted by Crippen LogP contribution is -2.09. The minimum atomic E-state index is -0.131. The van der Waals surface area contributed by atoms with E-state index in [1.54, 1.807) is 0 Å². The van der Waals surface area contributed by atoms with Gasteiger partial charge in [0.15, 0.2) is 10.8 Å². The fraction of sp³-hybridized carbons (Fsp3) is 0. The standard InChI is InChI=1S/C17H11NO2S/c19-16-12-10-15(11-6-2-1-3-7-11)21-17(12)20-14-9-5-4-8-13(14)18-16/h1-10H,(H,18,19). The van der Waals surface area contributed by atoms with Gasteiger partial charge in [0.1, 0.15) is 0 Å². The third kappa shape index (κ3) is 2.10. The number of carbonyl (C=O) groups excluding carboxylic acids is 1. The van der Waals surface area contributed by atoms with Gasteiger partial charge in [-0.15, -0.1) is 0 Å². The van der Waals surface area contributed by atoms with Gasteiger partial charge in [-0.1, -0.05) is 53.8 Å². The first-order valence-corrected chi connectivity index (χ1v) is 7.40. The van der Waals surface area contributed by atoms with Crippen LogP contribution in [-0.4, -0.2) is 5.91 Å². The third-order valence-corrected chi connectivity index (χ3v) is 4.40. The Bertz CT molecular complexity index is 824. The van der Waals surface area contributed by atoms with E-state index in [0.717, 1.165) is 10.4 Å². The van der Waals surface area contributed by atoms with Crippen molar-refractivity contribution in [3.63, 3.8) is 0 Å².